The van der Waals surface area contributed by atoms with Crippen molar-refractivity contribution in [1.82, 2.24) is 5.32 Å². The molecule has 0 saturated carbocycles. The molecule has 0 spiro atoms. The van der Waals surface area contributed by atoms with Crippen LogP contribution in [0.1, 0.15) is 31.1 Å². The van der Waals surface area contributed by atoms with Gasteiger partial charge >= 0.3 is 6.09 Å². The van der Waals surface area contributed by atoms with E-state index in [-0.39, 0.29) is 13.2 Å². The van der Waals surface area contributed by atoms with E-state index in [1.807, 2.05) is 24.3 Å². The maximum atomic E-state index is 11.6. The van der Waals surface area contributed by atoms with Gasteiger partial charge in [-0.15, -0.1) is 0 Å². The number of ether oxygens (including phenoxy) is 2. The highest BCUT2D eigenvalue weighted by molar-refractivity contribution is 6.30. The molecule has 0 aromatic heterocycles. The van der Waals surface area contributed by atoms with E-state index in [0.29, 0.717) is 16.3 Å². The number of carbonyl (C=O) groups is 2. The highest BCUT2D eigenvalue weighted by Crippen LogP contribution is 2.27. The first kappa shape index (κ1) is 19.8. The molecule has 0 radical (unpaired) electrons. The minimum Gasteiger partial charge on any atom is -0.492 e. The largest absolute Gasteiger partial charge is 0.492 e. The molecule has 1 N–H and O–H groups in total. The van der Waals surface area contributed by atoms with Crippen molar-refractivity contribution in [3.05, 3.63) is 53.1 Å². The lowest BCUT2D eigenvalue weighted by Crippen LogP contribution is -2.34. The summed E-state index contributed by atoms with van der Waals surface area (Å²) in [4.78, 5) is 22.8. The standard InChI is InChI=1S/C20H22ClNO4/c1-20(2,3)26-19(24)22-7-8-25-18-10-14(13-23)9-16(12-18)15-5-4-6-17(21)11-15/h4-6,9-13H,7-8H2,1-3H3,(H,22,24). The second-order valence-corrected chi connectivity index (χ2v) is 7.13. The van der Waals surface area contributed by atoms with Gasteiger partial charge in [-0.2, -0.15) is 0 Å². The fourth-order valence-electron chi connectivity index (χ4n) is 2.24. The summed E-state index contributed by atoms with van der Waals surface area (Å²) in [5.74, 6) is 0.538. The van der Waals surface area contributed by atoms with Crippen LogP contribution in [0.2, 0.25) is 5.02 Å². The Balaban J connectivity index is 2.00. The van der Waals surface area contributed by atoms with Gasteiger partial charge in [0, 0.05) is 10.6 Å². The van der Waals surface area contributed by atoms with Crippen molar-refractivity contribution in [2.75, 3.05) is 13.2 Å². The van der Waals surface area contributed by atoms with E-state index in [1.165, 1.54) is 0 Å². The van der Waals surface area contributed by atoms with Crippen LogP contribution in [0.5, 0.6) is 5.75 Å². The minimum absolute atomic E-state index is 0.247. The third-order valence-corrected chi connectivity index (χ3v) is 3.50. The Morgan fingerprint density at radius 3 is 2.58 bits per heavy atom. The number of hydrogen-bond acceptors (Lipinski definition) is 4. The zero-order valence-corrected chi connectivity index (χ0v) is 15.8. The first-order valence-corrected chi connectivity index (χ1v) is 8.60. The van der Waals surface area contributed by atoms with Gasteiger partial charge in [-0.05, 0) is 62.2 Å². The van der Waals surface area contributed by atoms with Gasteiger partial charge in [0.2, 0.25) is 0 Å². The van der Waals surface area contributed by atoms with E-state index in [4.69, 9.17) is 21.1 Å². The summed E-state index contributed by atoms with van der Waals surface area (Å²) in [7, 11) is 0. The predicted octanol–water partition coefficient (Wildman–Crippen LogP) is 4.72. The molecule has 26 heavy (non-hydrogen) atoms. The zero-order valence-electron chi connectivity index (χ0n) is 15.0. The Morgan fingerprint density at radius 2 is 1.92 bits per heavy atom. The van der Waals surface area contributed by atoms with Crippen molar-refractivity contribution in [3.8, 4) is 16.9 Å². The number of amides is 1. The second-order valence-electron chi connectivity index (χ2n) is 6.70. The number of nitrogens with one attached hydrogen (secondary N) is 1. The molecule has 2 rings (SSSR count). The lowest BCUT2D eigenvalue weighted by Gasteiger charge is -2.19. The first-order chi connectivity index (χ1) is 12.3. The Kier molecular flexibility index (Phi) is 6.64. The highest BCUT2D eigenvalue weighted by Gasteiger charge is 2.15. The second kappa shape index (κ2) is 8.72. The normalized spacial score (nSPS) is 10.9. The van der Waals surface area contributed by atoms with Crippen molar-refractivity contribution < 1.29 is 19.1 Å². The average Bonchev–Trinajstić information content (AvgIpc) is 2.57. The first-order valence-electron chi connectivity index (χ1n) is 8.23. The molecule has 0 saturated heterocycles. The van der Waals surface area contributed by atoms with Gasteiger partial charge in [0.1, 0.15) is 24.2 Å². The van der Waals surface area contributed by atoms with E-state index < -0.39 is 11.7 Å². The summed E-state index contributed by atoms with van der Waals surface area (Å²) in [5, 5.41) is 3.23. The maximum Gasteiger partial charge on any atom is 0.407 e. The summed E-state index contributed by atoms with van der Waals surface area (Å²) in [6.45, 7) is 5.92. The number of carbonyl (C=O) groups excluding carboxylic acids is 2. The number of aldehydes is 1. The van der Waals surface area contributed by atoms with E-state index >= 15 is 0 Å². The number of hydrogen-bond donors (Lipinski definition) is 1. The molecule has 2 aromatic carbocycles. The summed E-state index contributed by atoms with van der Waals surface area (Å²) >= 11 is 6.03. The van der Waals surface area contributed by atoms with Crippen LogP contribution in [0.3, 0.4) is 0 Å². The summed E-state index contributed by atoms with van der Waals surface area (Å²) in [6, 6.07) is 12.6. The molecule has 0 aliphatic rings. The van der Waals surface area contributed by atoms with Gasteiger partial charge in [-0.1, -0.05) is 23.7 Å². The van der Waals surface area contributed by atoms with E-state index in [9.17, 15) is 9.59 Å². The number of alkyl carbamates (subject to hydrolysis) is 1. The number of benzene rings is 2. The monoisotopic (exact) mass is 375 g/mol. The highest BCUT2D eigenvalue weighted by atomic mass is 35.5. The lowest BCUT2D eigenvalue weighted by atomic mass is 10.0. The lowest BCUT2D eigenvalue weighted by molar-refractivity contribution is 0.0520. The van der Waals surface area contributed by atoms with Crippen LogP contribution in [0.15, 0.2) is 42.5 Å². The molecular weight excluding hydrogens is 354 g/mol. The summed E-state index contributed by atoms with van der Waals surface area (Å²) in [5.41, 5.74) is 1.66. The third-order valence-electron chi connectivity index (χ3n) is 3.26. The third kappa shape index (κ3) is 6.41. The Morgan fingerprint density at radius 1 is 1.15 bits per heavy atom. The van der Waals surface area contributed by atoms with Crippen molar-refractivity contribution >= 4 is 24.0 Å². The van der Waals surface area contributed by atoms with Gasteiger partial charge in [0.05, 0.1) is 6.54 Å². The summed E-state index contributed by atoms with van der Waals surface area (Å²) < 4.78 is 10.8. The molecular formula is C20H22ClNO4. The van der Waals surface area contributed by atoms with Gasteiger partial charge in [0.15, 0.2) is 0 Å². The van der Waals surface area contributed by atoms with Crippen LogP contribution in [0, 0.1) is 0 Å². The number of halogens is 1. The molecule has 0 atom stereocenters. The molecule has 0 heterocycles. The molecule has 0 unspecified atom stereocenters. The van der Waals surface area contributed by atoms with Crippen molar-refractivity contribution in [1.29, 1.82) is 0 Å². The van der Waals surface area contributed by atoms with Crippen molar-refractivity contribution in [2.24, 2.45) is 0 Å². The molecule has 6 heteroatoms. The molecule has 5 nitrogen and oxygen atoms in total. The Labute approximate surface area is 158 Å². The molecule has 2 aromatic rings. The van der Waals surface area contributed by atoms with Gasteiger partial charge < -0.3 is 14.8 Å². The topological polar surface area (TPSA) is 64.6 Å². The van der Waals surface area contributed by atoms with Crippen LogP contribution in [-0.2, 0) is 4.74 Å². The smallest absolute Gasteiger partial charge is 0.407 e. The minimum atomic E-state index is -0.547. The SMILES string of the molecule is CC(C)(C)OC(=O)NCCOc1cc(C=O)cc(-c2cccc(Cl)c2)c1. The van der Waals surface area contributed by atoms with Crippen molar-refractivity contribution in [2.45, 2.75) is 26.4 Å². The molecule has 0 bridgehead atoms. The molecule has 1 amide bonds. The van der Waals surface area contributed by atoms with Crippen LogP contribution in [-0.4, -0.2) is 31.1 Å². The summed E-state index contributed by atoms with van der Waals surface area (Å²) in [6.07, 6.45) is 0.266. The van der Waals surface area contributed by atoms with Crippen molar-refractivity contribution in [3.63, 3.8) is 0 Å². The fraction of sp³-hybridized carbons (Fsp3) is 0.300. The number of rotatable bonds is 6. The Bertz CT molecular complexity index is 784. The average molecular weight is 376 g/mol. The molecule has 138 valence electrons. The molecule has 0 fully saturated rings. The van der Waals surface area contributed by atoms with E-state index in [0.717, 1.165) is 17.4 Å². The Hall–Kier alpha value is -2.53. The van der Waals surface area contributed by atoms with Gasteiger partial charge in [-0.25, -0.2) is 4.79 Å². The van der Waals surface area contributed by atoms with Crippen LogP contribution in [0.25, 0.3) is 11.1 Å². The van der Waals surface area contributed by atoms with E-state index in [1.54, 1.807) is 39.0 Å². The predicted molar refractivity (Wildman–Crippen MR) is 102 cm³/mol. The maximum absolute atomic E-state index is 11.6. The quantitative estimate of drug-likeness (QED) is 0.586. The molecule has 0 aliphatic heterocycles. The van der Waals surface area contributed by atoms with Gasteiger partial charge in [-0.3, -0.25) is 4.79 Å². The van der Waals surface area contributed by atoms with Gasteiger partial charge in [0.25, 0.3) is 0 Å². The zero-order chi connectivity index (χ0) is 19.2. The van der Waals surface area contributed by atoms with Crippen LogP contribution < -0.4 is 10.1 Å². The van der Waals surface area contributed by atoms with Crippen LogP contribution >= 0.6 is 11.6 Å². The van der Waals surface area contributed by atoms with E-state index in [2.05, 4.69) is 5.32 Å². The molecule has 0 aliphatic carbocycles. The van der Waals surface area contributed by atoms with Crippen LogP contribution in [0.4, 0.5) is 4.79 Å². The fourth-order valence-corrected chi connectivity index (χ4v) is 2.43.